The van der Waals surface area contributed by atoms with Gasteiger partial charge < -0.3 is 15.7 Å². The maximum Gasteiger partial charge on any atom is 0.265 e. The number of hydrogen-bond donors (Lipinski definition) is 2. The standard InChI is InChI=1S/C18H13Cl2N3O3S/c19-10-5-6-13-11(7-10)18(26,14-15(24)22-17(21)27-14)16(25)23(13)8-9-3-1-2-4-12(9)20/h1-7,14,26H,8H2,(H2,21,22,24). The number of fused-ring (bicyclic) bond motifs is 1. The van der Waals surface area contributed by atoms with Crippen LogP contribution < -0.4 is 10.6 Å². The highest BCUT2D eigenvalue weighted by atomic mass is 35.5. The fourth-order valence-corrected chi connectivity index (χ4v) is 4.62. The lowest BCUT2D eigenvalue weighted by Gasteiger charge is -2.26. The van der Waals surface area contributed by atoms with Crippen LogP contribution in [0.5, 0.6) is 0 Å². The molecule has 138 valence electrons. The zero-order chi connectivity index (χ0) is 19.3. The van der Waals surface area contributed by atoms with Crippen LogP contribution in [0.2, 0.25) is 10.0 Å². The summed E-state index contributed by atoms with van der Waals surface area (Å²) in [5, 5.41) is 11.1. The highest BCUT2D eigenvalue weighted by Crippen LogP contribution is 2.48. The van der Waals surface area contributed by atoms with E-state index >= 15 is 0 Å². The molecule has 3 N–H and O–H groups in total. The lowest BCUT2D eigenvalue weighted by atomic mass is 9.91. The molecule has 0 saturated heterocycles. The van der Waals surface area contributed by atoms with Crippen LogP contribution in [0.15, 0.2) is 47.5 Å². The molecular weight excluding hydrogens is 409 g/mol. The first-order valence-corrected chi connectivity index (χ1v) is 9.58. The quantitative estimate of drug-likeness (QED) is 0.793. The molecule has 2 heterocycles. The number of thioether (sulfide) groups is 1. The average Bonchev–Trinajstić information content (AvgIpc) is 3.07. The van der Waals surface area contributed by atoms with E-state index in [0.717, 1.165) is 11.8 Å². The van der Waals surface area contributed by atoms with Gasteiger partial charge in [0.15, 0.2) is 10.8 Å². The van der Waals surface area contributed by atoms with Gasteiger partial charge in [0.25, 0.3) is 11.8 Å². The Balaban J connectivity index is 1.82. The third-order valence-electron chi connectivity index (χ3n) is 4.58. The van der Waals surface area contributed by atoms with Gasteiger partial charge in [-0.15, -0.1) is 0 Å². The Labute approximate surface area is 169 Å². The largest absolute Gasteiger partial charge is 0.378 e. The number of carbonyl (C=O) groups is 2. The maximum atomic E-state index is 13.3. The van der Waals surface area contributed by atoms with Gasteiger partial charge in [-0.3, -0.25) is 9.59 Å². The van der Waals surface area contributed by atoms with Gasteiger partial charge in [-0.2, -0.15) is 4.99 Å². The van der Waals surface area contributed by atoms with Gasteiger partial charge in [0.2, 0.25) is 0 Å². The van der Waals surface area contributed by atoms with Crippen molar-refractivity contribution < 1.29 is 14.7 Å². The van der Waals surface area contributed by atoms with Crippen LogP contribution in [0.3, 0.4) is 0 Å². The van der Waals surface area contributed by atoms with E-state index in [1.165, 1.54) is 11.0 Å². The molecule has 0 fully saturated rings. The van der Waals surface area contributed by atoms with Crippen LogP contribution in [-0.2, 0) is 21.7 Å². The molecule has 2 amide bonds. The Hall–Kier alpha value is -2.06. The number of halogens is 2. The van der Waals surface area contributed by atoms with Crippen molar-refractivity contribution in [1.82, 2.24) is 0 Å². The number of anilines is 1. The number of rotatable bonds is 3. The summed E-state index contributed by atoms with van der Waals surface area (Å²) >= 11 is 13.2. The summed E-state index contributed by atoms with van der Waals surface area (Å²) < 4.78 is 0. The van der Waals surface area contributed by atoms with Crippen molar-refractivity contribution >= 4 is 57.6 Å². The SMILES string of the molecule is NC1=NC(=O)C(C2(O)C(=O)N(Cc3ccccc3Cl)c3ccc(Cl)cc32)S1. The summed E-state index contributed by atoms with van der Waals surface area (Å²) in [5.41, 5.74) is 4.93. The molecule has 0 saturated carbocycles. The third kappa shape index (κ3) is 2.82. The van der Waals surface area contributed by atoms with Gasteiger partial charge in [0, 0.05) is 15.6 Å². The molecular formula is C18H13Cl2N3O3S. The number of nitrogens with zero attached hydrogens (tertiary/aromatic N) is 2. The average molecular weight is 422 g/mol. The second kappa shape index (κ2) is 6.53. The summed E-state index contributed by atoms with van der Waals surface area (Å²) in [4.78, 5) is 30.6. The Morgan fingerprint density at radius 3 is 2.63 bits per heavy atom. The molecule has 2 aliphatic rings. The van der Waals surface area contributed by atoms with Crippen molar-refractivity contribution in [3.8, 4) is 0 Å². The van der Waals surface area contributed by atoms with Gasteiger partial charge >= 0.3 is 0 Å². The predicted octanol–water partition coefficient (Wildman–Crippen LogP) is 2.68. The van der Waals surface area contributed by atoms with Crippen LogP contribution >= 0.6 is 35.0 Å². The Kier molecular flexibility index (Phi) is 4.43. The lowest BCUT2D eigenvalue weighted by Crippen LogP contribution is -2.49. The minimum Gasteiger partial charge on any atom is -0.378 e. The van der Waals surface area contributed by atoms with E-state index in [-0.39, 0.29) is 17.3 Å². The molecule has 2 atom stereocenters. The second-order valence-electron chi connectivity index (χ2n) is 6.20. The molecule has 2 aliphatic heterocycles. The van der Waals surface area contributed by atoms with Crippen LogP contribution in [0, 0.1) is 0 Å². The first-order valence-electron chi connectivity index (χ1n) is 7.95. The van der Waals surface area contributed by atoms with Crippen molar-refractivity contribution in [2.75, 3.05) is 4.90 Å². The van der Waals surface area contributed by atoms with E-state index in [1.807, 2.05) is 6.07 Å². The molecule has 4 rings (SSSR count). The number of amidine groups is 1. The van der Waals surface area contributed by atoms with Gasteiger partial charge in [-0.1, -0.05) is 53.2 Å². The number of carbonyl (C=O) groups excluding carboxylic acids is 2. The Morgan fingerprint density at radius 1 is 1.22 bits per heavy atom. The molecule has 0 spiro atoms. The van der Waals surface area contributed by atoms with Crippen LogP contribution in [0.4, 0.5) is 5.69 Å². The monoisotopic (exact) mass is 421 g/mol. The summed E-state index contributed by atoms with van der Waals surface area (Å²) in [5.74, 6) is -1.30. The van der Waals surface area contributed by atoms with Gasteiger partial charge in [-0.05, 0) is 29.8 Å². The molecule has 2 aromatic carbocycles. The van der Waals surface area contributed by atoms with E-state index in [0.29, 0.717) is 21.3 Å². The second-order valence-corrected chi connectivity index (χ2v) is 8.17. The third-order valence-corrected chi connectivity index (χ3v) is 6.30. The molecule has 2 aromatic rings. The molecule has 2 unspecified atom stereocenters. The number of benzene rings is 2. The smallest absolute Gasteiger partial charge is 0.265 e. The first kappa shape index (κ1) is 18.3. The van der Waals surface area contributed by atoms with Gasteiger partial charge in [0.1, 0.15) is 5.25 Å². The molecule has 0 radical (unpaired) electrons. The summed E-state index contributed by atoms with van der Waals surface area (Å²) in [6.45, 7) is 0.136. The Morgan fingerprint density at radius 2 is 1.96 bits per heavy atom. The first-order chi connectivity index (χ1) is 12.8. The van der Waals surface area contributed by atoms with E-state index in [2.05, 4.69) is 4.99 Å². The summed E-state index contributed by atoms with van der Waals surface area (Å²) in [6, 6.07) is 11.9. The zero-order valence-electron chi connectivity index (χ0n) is 13.7. The molecule has 0 bridgehead atoms. The normalized spacial score (nSPS) is 24.3. The highest BCUT2D eigenvalue weighted by molar-refractivity contribution is 8.15. The number of aliphatic imine (C=N–C) groups is 1. The van der Waals surface area contributed by atoms with Crippen molar-refractivity contribution in [1.29, 1.82) is 0 Å². The minimum absolute atomic E-state index is 0.0133. The van der Waals surface area contributed by atoms with Crippen molar-refractivity contribution in [2.24, 2.45) is 10.7 Å². The molecule has 0 aliphatic carbocycles. The summed E-state index contributed by atoms with van der Waals surface area (Å²) in [6.07, 6.45) is 0. The number of aliphatic hydroxyl groups is 1. The fraction of sp³-hybridized carbons (Fsp3) is 0.167. The molecule has 0 aromatic heterocycles. The van der Waals surface area contributed by atoms with E-state index in [9.17, 15) is 14.7 Å². The topological polar surface area (TPSA) is 96.0 Å². The van der Waals surface area contributed by atoms with E-state index in [4.69, 9.17) is 28.9 Å². The summed E-state index contributed by atoms with van der Waals surface area (Å²) in [7, 11) is 0. The van der Waals surface area contributed by atoms with Crippen LogP contribution in [0.25, 0.3) is 0 Å². The maximum absolute atomic E-state index is 13.3. The lowest BCUT2D eigenvalue weighted by molar-refractivity contribution is -0.140. The van der Waals surface area contributed by atoms with Crippen LogP contribution in [0.1, 0.15) is 11.1 Å². The van der Waals surface area contributed by atoms with Crippen molar-refractivity contribution in [3.63, 3.8) is 0 Å². The Bertz CT molecular complexity index is 1010. The highest BCUT2D eigenvalue weighted by Gasteiger charge is 2.59. The molecule has 9 heteroatoms. The van der Waals surface area contributed by atoms with Crippen LogP contribution in [-0.4, -0.2) is 27.3 Å². The predicted molar refractivity (Wildman–Crippen MR) is 106 cm³/mol. The number of hydrogen-bond acceptors (Lipinski definition) is 5. The van der Waals surface area contributed by atoms with Gasteiger partial charge in [0.05, 0.1) is 12.2 Å². The number of amides is 2. The van der Waals surface area contributed by atoms with E-state index < -0.39 is 22.7 Å². The fourth-order valence-electron chi connectivity index (χ4n) is 3.32. The minimum atomic E-state index is -2.12. The van der Waals surface area contributed by atoms with E-state index in [1.54, 1.807) is 30.3 Å². The molecule has 6 nitrogen and oxygen atoms in total. The number of nitrogens with two attached hydrogens (primary N) is 1. The van der Waals surface area contributed by atoms with Crippen molar-refractivity contribution in [3.05, 3.63) is 63.6 Å². The van der Waals surface area contributed by atoms with Gasteiger partial charge in [-0.25, -0.2) is 0 Å². The zero-order valence-corrected chi connectivity index (χ0v) is 16.1. The molecule has 27 heavy (non-hydrogen) atoms. The van der Waals surface area contributed by atoms with Crippen molar-refractivity contribution in [2.45, 2.75) is 17.4 Å².